The SMILES string of the molecule is CCC(CSC)N(C)c1cc(Cl)ccc1C(=N)N. The Morgan fingerprint density at radius 3 is 2.72 bits per heavy atom. The molecule has 0 amide bonds. The number of nitrogens with one attached hydrogen (secondary N) is 1. The van der Waals surface area contributed by atoms with Gasteiger partial charge in [0.25, 0.3) is 0 Å². The second-order valence-electron chi connectivity index (χ2n) is 4.20. The molecule has 3 nitrogen and oxygen atoms in total. The van der Waals surface area contributed by atoms with Crippen LogP contribution in [-0.4, -0.2) is 30.9 Å². The Hall–Kier alpha value is -0.870. The van der Waals surface area contributed by atoms with Crippen LogP contribution < -0.4 is 10.6 Å². The number of nitrogen functional groups attached to an aromatic ring is 1. The molecule has 0 aromatic heterocycles. The highest BCUT2D eigenvalue weighted by atomic mass is 35.5. The molecule has 0 saturated heterocycles. The summed E-state index contributed by atoms with van der Waals surface area (Å²) in [5.41, 5.74) is 7.29. The predicted octanol–water partition coefficient (Wildman–Crippen LogP) is 3.20. The van der Waals surface area contributed by atoms with Crippen LogP contribution in [-0.2, 0) is 0 Å². The highest BCUT2D eigenvalue weighted by molar-refractivity contribution is 7.98. The van der Waals surface area contributed by atoms with Gasteiger partial charge in [-0.05, 0) is 30.9 Å². The number of benzene rings is 1. The van der Waals surface area contributed by atoms with E-state index in [-0.39, 0.29) is 5.84 Å². The van der Waals surface area contributed by atoms with Crippen molar-refractivity contribution in [3.05, 3.63) is 28.8 Å². The molecule has 0 radical (unpaired) electrons. The van der Waals surface area contributed by atoms with Crippen LogP contribution >= 0.6 is 23.4 Å². The Bertz CT molecular complexity index is 423. The first-order valence-electron chi connectivity index (χ1n) is 5.87. The van der Waals surface area contributed by atoms with Crippen LogP contribution in [0.1, 0.15) is 18.9 Å². The normalized spacial score (nSPS) is 12.2. The molecule has 1 aromatic carbocycles. The molecule has 0 aliphatic rings. The summed E-state index contributed by atoms with van der Waals surface area (Å²) in [4.78, 5) is 2.17. The molecule has 18 heavy (non-hydrogen) atoms. The topological polar surface area (TPSA) is 53.1 Å². The number of nitrogens with two attached hydrogens (primary N) is 1. The molecule has 3 N–H and O–H groups in total. The standard InChI is InChI=1S/C13H20ClN3S/c1-4-10(8-18-3)17(2)12-7-9(14)5-6-11(12)13(15)16/h5-7,10H,4,8H2,1-3H3,(H3,15,16). The third-order valence-corrected chi connectivity index (χ3v) is 3.96. The Balaban J connectivity index is 3.13. The first-order chi connectivity index (χ1) is 8.51. The highest BCUT2D eigenvalue weighted by Crippen LogP contribution is 2.26. The van der Waals surface area contributed by atoms with E-state index in [1.807, 2.05) is 30.9 Å². The van der Waals surface area contributed by atoms with Crippen LogP contribution in [0.2, 0.25) is 5.02 Å². The van der Waals surface area contributed by atoms with Gasteiger partial charge in [-0.3, -0.25) is 5.41 Å². The minimum absolute atomic E-state index is 0.0764. The lowest BCUT2D eigenvalue weighted by Gasteiger charge is -2.30. The zero-order valence-electron chi connectivity index (χ0n) is 11.0. The van der Waals surface area contributed by atoms with Crippen molar-refractivity contribution >= 4 is 34.9 Å². The van der Waals surface area contributed by atoms with Gasteiger partial charge in [0, 0.05) is 35.1 Å². The molecule has 0 spiro atoms. The number of hydrogen-bond donors (Lipinski definition) is 2. The van der Waals surface area contributed by atoms with Gasteiger partial charge in [0.05, 0.1) is 0 Å². The minimum Gasteiger partial charge on any atom is -0.384 e. The van der Waals surface area contributed by atoms with E-state index >= 15 is 0 Å². The van der Waals surface area contributed by atoms with E-state index < -0.39 is 0 Å². The first kappa shape index (κ1) is 15.2. The Labute approximate surface area is 118 Å². The van der Waals surface area contributed by atoms with E-state index in [2.05, 4.69) is 18.1 Å². The van der Waals surface area contributed by atoms with Gasteiger partial charge in [-0.15, -0.1) is 0 Å². The molecule has 1 rings (SSSR count). The number of thioether (sulfide) groups is 1. The van der Waals surface area contributed by atoms with E-state index in [1.54, 1.807) is 6.07 Å². The van der Waals surface area contributed by atoms with Gasteiger partial charge >= 0.3 is 0 Å². The molecule has 5 heteroatoms. The molecular weight excluding hydrogens is 266 g/mol. The van der Waals surface area contributed by atoms with Gasteiger partial charge in [0.2, 0.25) is 0 Å². The summed E-state index contributed by atoms with van der Waals surface area (Å²) >= 11 is 7.86. The van der Waals surface area contributed by atoms with Crippen molar-refractivity contribution in [2.45, 2.75) is 19.4 Å². The summed E-state index contributed by atoms with van der Waals surface area (Å²) in [6.45, 7) is 2.16. The van der Waals surface area contributed by atoms with Crippen LogP contribution in [0, 0.1) is 5.41 Å². The van der Waals surface area contributed by atoms with Crippen LogP contribution in [0.5, 0.6) is 0 Å². The van der Waals surface area contributed by atoms with Gasteiger partial charge in [-0.25, -0.2) is 0 Å². The average Bonchev–Trinajstić information content (AvgIpc) is 2.34. The maximum Gasteiger partial charge on any atom is 0.124 e. The monoisotopic (exact) mass is 285 g/mol. The van der Waals surface area contributed by atoms with Crippen molar-refractivity contribution in [1.82, 2.24) is 0 Å². The fourth-order valence-corrected chi connectivity index (χ4v) is 2.93. The predicted molar refractivity (Wildman–Crippen MR) is 83.3 cm³/mol. The number of halogens is 1. The van der Waals surface area contributed by atoms with Crippen LogP contribution in [0.25, 0.3) is 0 Å². The lowest BCUT2D eigenvalue weighted by molar-refractivity contribution is 0.673. The molecule has 100 valence electrons. The second kappa shape index (κ2) is 6.90. The summed E-state index contributed by atoms with van der Waals surface area (Å²) in [6, 6.07) is 5.87. The van der Waals surface area contributed by atoms with Crippen molar-refractivity contribution in [2.24, 2.45) is 5.73 Å². The minimum atomic E-state index is 0.0764. The smallest absolute Gasteiger partial charge is 0.124 e. The van der Waals surface area contributed by atoms with Gasteiger partial charge in [-0.2, -0.15) is 11.8 Å². The molecule has 0 aliphatic heterocycles. The molecule has 0 heterocycles. The van der Waals surface area contributed by atoms with Crippen LogP contribution in [0.4, 0.5) is 5.69 Å². The van der Waals surface area contributed by atoms with Crippen molar-refractivity contribution in [3.63, 3.8) is 0 Å². The van der Waals surface area contributed by atoms with Crippen molar-refractivity contribution in [3.8, 4) is 0 Å². The largest absolute Gasteiger partial charge is 0.384 e. The molecule has 1 atom stereocenters. The number of nitrogens with zero attached hydrogens (tertiary/aromatic N) is 1. The number of rotatable bonds is 6. The van der Waals surface area contributed by atoms with Crippen LogP contribution in [0.15, 0.2) is 18.2 Å². The number of anilines is 1. The highest BCUT2D eigenvalue weighted by Gasteiger charge is 2.17. The lowest BCUT2D eigenvalue weighted by atomic mass is 10.1. The van der Waals surface area contributed by atoms with E-state index in [4.69, 9.17) is 22.7 Å². The fraction of sp³-hybridized carbons (Fsp3) is 0.462. The quantitative estimate of drug-likeness (QED) is 0.623. The lowest BCUT2D eigenvalue weighted by Crippen LogP contribution is -2.34. The van der Waals surface area contributed by atoms with Crippen molar-refractivity contribution in [2.75, 3.05) is 24.0 Å². The fourth-order valence-electron chi connectivity index (χ4n) is 1.92. The van der Waals surface area contributed by atoms with Crippen LogP contribution in [0.3, 0.4) is 0 Å². The molecule has 0 fully saturated rings. The maximum atomic E-state index is 7.64. The number of amidine groups is 1. The molecule has 0 aliphatic carbocycles. The summed E-state index contributed by atoms with van der Waals surface area (Å²) < 4.78 is 0. The van der Waals surface area contributed by atoms with E-state index in [0.29, 0.717) is 11.1 Å². The van der Waals surface area contributed by atoms with Gasteiger partial charge in [0.15, 0.2) is 0 Å². The summed E-state index contributed by atoms with van der Waals surface area (Å²) in [6.07, 6.45) is 3.14. The second-order valence-corrected chi connectivity index (χ2v) is 5.55. The van der Waals surface area contributed by atoms with Crippen molar-refractivity contribution < 1.29 is 0 Å². The molecule has 0 saturated carbocycles. The van der Waals surface area contributed by atoms with E-state index in [0.717, 1.165) is 23.4 Å². The summed E-state index contributed by atoms with van der Waals surface area (Å²) in [7, 11) is 2.03. The zero-order valence-corrected chi connectivity index (χ0v) is 12.6. The van der Waals surface area contributed by atoms with Crippen molar-refractivity contribution in [1.29, 1.82) is 5.41 Å². The van der Waals surface area contributed by atoms with Gasteiger partial charge < -0.3 is 10.6 Å². The Morgan fingerprint density at radius 1 is 1.56 bits per heavy atom. The summed E-state index contributed by atoms with van der Waals surface area (Å²) in [5, 5.41) is 8.31. The molecule has 0 bridgehead atoms. The summed E-state index contributed by atoms with van der Waals surface area (Å²) in [5.74, 6) is 1.11. The third-order valence-electron chi connectivity index (χ3n) is 3.01. The average molecular weight is 286 g/mol. The first-order valence-corrected chi connectivity index (χ1v) is 7.64. The van der Waals surface area contributed by atoms with E-state index in [9.17, 15) is 0 Å². The Kier molecular flexibility index (Phi) is 5.82. The van der Waals surface area contributed by atoms with E-state index in [1.165, 1.54) is 0 Å². The zero-order chi connectivity index (χ0) is 13.7. The molecule has 1 aromatic rings. The maximum absolute atomic E-state index is 7.64. The van der Waals surface area contributed by atoms with Gasteiger partial charge in [0.1, 0.15) is 5.84 Å². The van der Waals surface area contributed by atoms with Gasteiger partial charge in [-0.1, -0.05) is 18.5 Å². The third kappa shape index (κ3) is 3.56. The number of hydrogen-bond acceptors (Lipinski definition) is 3. The molecular formula is C13H20ClN3S. The Morgan fingerprint density at radius 2 is 2.22 bits per heavy atom. The molecule has 1 unspecified atom stereocenters.